The first kappa shape index (κ1) is 37.8. The lowest BCUT2D eigenvalue weighted by atomic mass is 10.0. The molecule has 9 heteroatoms. The Hall–Kier alpha value is -4.92. The molecule has 3 amide bonds. The largest absolute Gasteiger partial charge is 0.368 e. The molecule has 6 rings (SSSR count). The van der Waals surface area contributed by atoms with Gasteiger partial charge in [0.25, 0.3) is 0 Å². The van der Waals surface area contributed by atoms with Gasteiger partial charge in [-0.15, -0.1) is 0 Å². The monoisotopic (exact) mass is 731 g/mol. The van der Waals surface area contributed by atoms with E-state index in [9.17, 15) is 14.4 Å². The molecule has 0 saturated carbocycles. The lowest BCUT2D eigenvalue weighted by Crippen LogP contribution is -2.56. The van der Waals surface area contributed by atoms with Crippen LogP contribution in [0.3, 0.4) is 0 Å². The molecular formula is C44H50ClN5O3. The van der Waals surface area contributed by atoms with Crippen molar-refractivity contribution >= 4 is 41.1 Å². The van der Waals surface area contributed by atoms with Crippen LogP contribution in [-0.4, -0.2) is 95.7 Å². The predicted octanol–water partition coefficient (Wildman–Crippen LogP) is 6.57. The summed E-state index contributed by atoms with van der Waals surface area (Å²) in [5.74, 6) is -0.130. The molecule has 0 radical (unpaired) electrons. The van der Waals surface area contributed by atoms with Gasteiger partial charge in [0, 0.05) is 95.6 Å². The molecular weight excluding hydrogens is 682 g/mol. The van der Waals surface area contributed by atoms with Gasteiger partial charge in [0.2, 0.25) is 17.7 Å². The number of carbonyl (C=O) groups excluding carboxylic acids is 3. The minimum Gasteiger partial charge on any atom is -0.368 e. The summed E-state index contributed by atoms with van der Waals surface area (Å²) >= 11 is 6.11. The maximum Gasteiger partial charge on any atom is 0.247 e. The highest BCUT2D eigenvalue weighted by Gasteiger charge is 2.34. The van der Waals surface area contributed by atoms with E-state index >= 15 is 0 Å². The minimum absolute atomic E-state index is 0.0333. The maximum absolute atomic E-state index is 14.7. The molecule has 4 aromatic rings. The first-order valence-electron chi connectivity index (χ1n) is 18.7. The molecule has 4 aromatic carbocycles. The van der Waals surface area contributed by atoms with Gasteiger partial charge in [-0.1, -0.05) is 97.4 Å². The number of anilines is 1. The maximum atomic E-state index is 14.7. The van der Waals surface area contributed by atoms with E-state index in [1.807, 2.05) is 82.6 Å². The van der Waals surface area contributed by atoms with Crippen LogP contribution in [0.5, 0.6) is 0 Å². The first-order valence-corrected chi connectivity index (χ1v) is 19.1. The third-order valence-electron chi connectivity index (χ3n) is 10.4. The number of carbonyl (C=O) groups is 3. The van der Waals surface area contributed by atoms with E-state index in [4.69, 9.17) is 11.6 Å². The highest BCUT2D eigenvalue weighted by Crippen LogP contribution is 2.23. The smallest absolute Gasteiger partial charge is 0.247 e. The SMILES string of the molecule is CCc1ccc(C=CC(=O)N(Cc2ccc(N3CCN(C(C)=O)CC3)cc2)C(Cc2ccccc2)C(=O)N2CCN(Cc3ccc(Cl)cc3)CC2)cc1. The second kappa shape index (κ2) is 18.2. The summed E-state index contributed by atoms with van der Waals surface area (Å²) in [6.07, 6.45) is 4.81. The van der Waals surface area contributed by atoms with E-state index in [1.165, 1.54) is 11.1 Å². The summed E-state index contributed by atoms with van der Waals surface area (Å²) in [5.41, 5.74) is 6.40. The third-order valence-corrected chi connectivity index (χ3v) is 10.7. The molecule has 1 unspecified atom stereocenters. The quantitative estimate of drug-likeness (QED) is 0.154. The summed E-state index contributed by atoms with van der Waals surface area (Å²) in [6.45, 7) is 10.4. The first-order chi connectivity index (χ1) is 25.7. The van der Waals surface area contributed by atoms with Gasteiger partial charge < -0.3 is 19.6 Å². The molecule has 0 spiro atoms. The summed E-state index contributed by atoms with van der Waals surface area (Å²) in [4.78, 5) is 51.1. The minimum atomic E-state index is -0.695. The van der Waals surface area contributed by atoms with Crippen molar-refractivity contribution in [3.63, 3.8) is 0 Å². The summed E-state index contributed by atoms with van der Waals surface area (Å²) in [5, 5.41) is 0.720. The van der Waals surface area contributed by atoms with Crippen molar-refractivity contribution < 1.29 is 14.4 Å². The van der Waals surface area contributed by atoms with Gasteiger partial charge in [0.1, 0.15) is 6.04 Å². The molecule has 2 heterocycles. The van der Waals surface area contributed by atoms with Crippen molar-refractivity contribution in [3.05, 3.63) is 142 Å². The van der Waals surface area contributed by atoms with E-state index in [0.717, 1.165) is 66.5 Å². The number of piperazine rings is 2. The Kier molecular flexibility index (Phi) is 13.0. The van der Waals surface area contributed by atoms with Crippen LogP contribution in [-0.2, 0) is 40.3 Å². The molecule has 8 nitrogen and oxygen atoms in total. The Labute approximate surface area is 319 Å². The van der Waals surface area contributed by atoms with Gasteiger partial charge in [0.15, 0.2) is 0 Å². The van der Waals surface area contributed by atoms with Gasteiger partial charge in [-0.05, 0) is 64.6 Å². The number of nitrogens with zero attached hydrogens (tertiary/aromatic N) is 5. The van der Waals surface area contributed by atoms with Gasteiger partial charge >= 0.3 is 0 Å². The van der Waals surface area contributed by atoms with Crippen LogP contribution in [0.4, 0.5) is 5.69 Å². The van der Waals surface area contributed by atoms with E-state index in [0.29, 0.717) is 32.6 Å². The van der Waals surface area contributed by atoms with Crippen molar-refractivity contribution in [2.24, 2.45) is 0 Å². The number of amides is 3. The lowest BCUT2D eigenvalue weighted by molar-refractivity contribution is -0.145. The fraction of sp³-hybridized carbons (Fsp3) is 0.341. The Morgan fingerprint density at radius 3 is 1.92 bits per heavy atom. The van der Waals surface area contributed by atoms with Crippen LogP contribution < -0.4 is 4.90 Å². The highest BCUT2D eigenvalue weighted by molar-refractivity contribution is 6.30. The Morgan fingerprint density at radius 1 is 0.698 bits per heavy atom. The zero-order valence-electron chi connectivity index (χ0n) is 30.9. The number of benzene rings is 4. The molecule has 53 heavy (non-hydrogen) atoms. The summed E-state index contributed by atoms with van der Waals surface area (Å²) in [6, 6.07) is 33.7. The standard InChI is InChI=1S/C44H50ClN5O3/c1-3-35-9-11-36(12-10-35)17-22-43(52)50(33-39-15-20-41(21-16-39)48-29-27-47(28-30-48)34(2)51)42(31-37-7-5-4-6-8-37)44(53)49-25-23-46(24-26-49)32-38-13-18-40(45)19-14-38/h4-22,42H,3,23-33H2,1-2H3. The van der Waals surface area contributed by atoms with Gasteiger partial charge in [0.05, 0.1) is 0 Å². The zero-order valence-corrected chi connectivity index (χ0v) is 31.6. The molecule has 2 aliphatic heterocycles. The lowest BCUT2D eigenvalue weighted by Gasteiger charge is -2.39. The molecule has 0 bridgehead atoms. The number of aryl methyl sites for hydroxylation is 1. The Balaban J connectivity index is 1.24. The van der Waals surface area contributed by atoms with Crippen LogP contribution in [0.1, 0.15) is 41.7 Å². The van der Waals surface area contributed by atoms with Crippen molar-refractivity contribution in [1.29, 1.82) is 0 Å². The average molecular weight is 732 g/mol. The molecule has 2 aliphatic rings. The van der Waals surface area contributed by atoms with E-state index in [1.54, 1.807) is 17.9 Å². The Bertz CT molecular complexity index is 1830. The highest BCUT2D eigenvalue weighted by atomic mass is 35.5. The summed E-state index contributed by atoms with van der Waals surface area (Å²) < 4.78 is 0. The van der Waals surface area contributed by atoms with E-state index in [2.05, 4.69) is 53.1 Å². The summed E-state index contributed by atoms with van der Waals surface area (Å²) in [7, 11) is 0. The second-order valence-electron chi connectivity index (χ2n) is 14.0. The topological polar surface area (TPSA) is 67.4 Å². The van der Waals surface area contributed by atoms with Crippen LogP contribution in [0.2, 0.25) is 5.02 Å². The normalized spacial score (nSPS) is 15.8. The van der Waals surface area contributed by atoms with Crippen LogP contribution >= 0.6 is 11.6 Å². The van der Waals surface area contributed by atoms with Crippen LogP contribution in [0.15, 0.2) is 109 Å². The van der Waals surface area contributed by atoms with Crippen molar-refractivity contribution in [2.45, 2.75) is 45.8 Å². The molecule has 2 saturated heterocycles. The number of rotatable bonds is 12. The Morgan fingerprint density at radius 2 is 1.30 bits per heavy atom. The van der Waals surface area contributed by atoms with Crippen molar-refractivity contribution in [2.75, 3.05) is 57.3 Å². The molecule has 0 aromatic heterocycles. The van der Waals surface area contributed by atoms with Gasteiger partial charge in [-0.3, -0.25) is 19.3 Å². The number of halogens is 1. The zero-order chi connectivity index (χ0) is 37.2. The van der Waals surface area contributed by atoms with Crippen LogP contribution in [0, 0.1) is 0 Å². The van der Waals surface area contributed by atoms with Gasteiger partial charge in [-0.25, -0.2) is 0 Å². The fourth-order valence-corrected chi connectivity index (χ4v) is 7.24. The van der Waals surface area contributed by atoms with E-state index in [-0.39, 0.29) is 24.3 Å². The average Bonchev–Trinajstić information content (AvgIpc) is 3.20. The molecule has 276 valence electrons. The molecule has 2 fully saturated rings. The van der Waals surface area contributed by atoms with Crippen molar-refractivity contribution in [3.8, 4) is 0 Å². The number of hydrogen-bond donors (Lipinski definition) is 0. The third kappa shape index (κ3) is 10.4. The predicted molar refractivity (Wildman–Crippen MR) is 214 cm³/mol. The van der Waals surface area contributed by atoms with Crippen LogP contribution in [0.25, 0.3) is 6.08 Å². The molecule has 1 atom stereocenters. The second-order valence-corrected chi connectivity index (χ2v) is 14.4. The van der Waals surface area contributed by atoms with Crippen molar-refractivity contribution in [1.82, 2.24) is 19.6 Å². The van der Waals surface area contributed by atoms with E-state index < -0.39 is 6.04 Å². The number of hydrogen-bond acceptors (Lipinski definition) is 5. The molecule has 0 aliphatic carbocycles. The van der Waals surface area contributed by atoms with Gasteiger partial charge in [-0.2, -0.15) is 0 Å². The fourth-order valence-electron chi connectivity index (χ4n) is 7.11. The molecule has 0 N–H and O–H groups in total.